The second-order valence-corrected chi connectivity index (χ2v) is 3.29. The first-order valence-corrected chi connectivity index (χ1v) is 4.55. The van der Waals surface area contributed by atoms with E-state index in [1.54, 1.807) is 6.07 Å². The van der Waals surface area contributed by atoms with Gasteiger partial charge in [-0.2, -0.15) is 5.26 Å². The van der Waals surface area contributed by atoms with Crippen LogP contribution in [-0.4, -0.2) is 6.54 Å². The molecule has 0 saturated carbocycles. The lowest BCUT2D eigenvalue weighted by atomic mass is 10.3. The van der Waals surface area contributed by atoms with Gasteiger partial charge in [-0.05, 0) is 26.0 Å². The van der Waals surface area contributed by atoms with Crippen molar-refractivity contribution < 1.29 is 4.42 Å². The lowest BCUT2D eigenvalue weighted by Crippen LogP contribution is -2.12. The molecule has 0 radical (unpaired) electrons. The van der Waals surface area contributed by atoms with Crippen LogP contribution in [-0.2, 0) is 6.54 Å². The van der Waals surface area contributed by atoms with Crippen molar-refractivity contribution >= 4 is 0 Å². The van der Waals surface area contributed by atoms with Crippen molar-refractivity contribution in [3.05, 3.63) is 35.3 Å². The summed E-state index contributed by atoms with van der Waals surface area (Å²) in [7, 11) is 0. The van der Waals surface area contributed by atoms with Gasteiger partial charge in [-0.3, -0.25) is 0 Å². The molecule has 0 bridgehead atoms. The second-order valence-electron chi connectivity index (χ2n) is 3.29. The SMILES string of the molecule is CC(C)=CCNCc1ccc(C#N)o1. The van der Waals surface area contributed by atoms with Crippen molar-refractivity contribution in [1.82, 2.24) is 5.32 Å². The van der Waals surface area contributed by atoms with Gasteiger partial charge in [0.1, 0.15) is 11.8 Å². The van der Waals surface area contributed by atoms with Crippen LogP contribution in [0.2, 0.25) is 0 Å². The number of furan rings is 1. The van der Waals surface area contributed by atoms with Crippen LogP contribution in [0.4, 0.5) is 0 Å². The highest BCUT2D eigenvalue weighted by molar-refractivity contribution is 5.18. The highest BCUT2D eigenvalue weighted by Crippen LogP contribution is 2.05. The number of nitriles is 1. The summed E-state index contributed by atoms with van der Waals surface area (Å²) in [4.78, 5) is 0. The summed E-state index contributed by atoms with van der Waals surface area (Å²) in [5.74, 6) is 1.16. The third-order valence-electron chi connectivity index (χ3n) is 1.73. The number of hydrogen-bond donors (Lipinski definition) is 1. The molecule has 1 heterocycles. The standard InChI is InChI=1S/C11H14N2O/c1-9(2)5-6-13-8-11-4-3-10(7-12)14-11/h3-5,13H,6,8H2,1-2H3. The molecule has 0 unspecified atom stereocenters. The van der Waals surface area contributed by atoms with Gasteiger partial charge in [-0.25, -0.2) is 0 Å². The lowest BCUT2D eigenvalue weighted by molar-refractivity contribution is 0.480. The highest BCUT2D eigenvalue weighted by atomic mass is 16.3. The Balaban J connectivity index is 2.32. The molecule has 0 saturated heterocycles. The molecule has 1 rings (SSSR count). The molecule has 0 atom stereocenters. The zero-order valence-electron chi connectivity index (χ0n) is 8.50. The van der Waals surface area contributed by atoms with Gasteiger partial charge in [-0.15, -0.1) is 0 Å². The molecule has 14 heavy (non-hydrogen) atoms. The minimum atomic E-state index is 0.365. The molecule has 0 fully saturated rings. The summed E-state index contributed by atoms with van der Waals surface area (Å²) in [6.45, 7) is 5.60. The van der Waals surface area contributed by atoms with Gasteiger partial charge < -0.3 is 9.73 Å². The van der Waals surface area contributed by atoms with Gasteiger partial charge in [0.15, 0.2) is 0 Å². The van der Waals surface area contributed by atoms with Crippen LogP contribution in [0, 0.1) is 11.3 Å². The van der Waals surface area contributed by atoms with E-state index in [1.807, 2.05) is 12.1 Å². The first kappa shape index (κ1) is 10.6. The van der Waals surface area contributed by atoms with Crippen molar-refractivity contribution in [2.45, 2.75) is 20.4 Å². The minimum absolute atomic E-state index is 0.365. The van der Waals surface area contributed by atoms with Crippen molar-refractivity contribution in [1.29, 1.82) is 5.26 Å². The van der Waals surface area contributed by atoms with E-state index in [0.29, 0.717) is 12.3 Å². The van der Waals surface area contributed by atoms with Crippen molar-refractivity contribution in [3.63, 3.8) is 0 Å². The summed E-state index contributed by atoms with van der Waals surface area (Å²) < 4.78 is 5.20. The quantitative estimate of drug-likeness (QED) is 0.585. The van der Waals surface area contributed by atoms with E-state index in [4.69, 9.17) is 9.68 Å². The van der Waals surface area contributed by atoms with Gasteiger partial charge >= 0.3 is 0 Å². The zero-order chi connectivity index (χ0) is 10.4. The molecule has 0 aliphatic heterocycles. The van der Waals surface area contributed by atoms with Crippen LogP contribution in [0.15, 0.2) is 28.2 Å². The Morgan fingerprint density at radius 2 is 2.36 bits per heavy atom. The molecule has 1 aromatic heterocycles. The predicted molar refractivity (Wildman–Crippen MR) is 54.6 cm³/mol. The predicted octanol–water partition coefficient (Wildman–Crippen LogP) is 2.21. The maximum absolute atomic E-state index is 8.52. The van der Waals surface area contributed by atoms with Gasteiger partial charge in [-0.1, -0.05) is 11.6 Å². The molecular weight excluding hydrogens is 176 g/mol. The van der Waals surface area contributed by atoms with Crippen molar-refractivity contribution in [2.75, 3.05) is 6.54 Å². The first-order valence-electron chi connectivity index (χ1n) is 4.55. The maximum Gasteiger partial charge on any atom is 0.203 e. The smallest absolute Gasteiger partial charge is 0.203 e. The highest BCUT2D eigenvalue weighted by Gasteiger charge is 1.98. The summed E-state index contributed by atoms with van der Waals surface area (Å²) in [6, 6.07) is 5.44. The normalized spacial score (nSPS) is 9.50. The molecule has 1 N–H and O–H groups in total. The van der Waals surface area contributed by atoms with Crippen molar-refractivity contribution in [3.8, 4) is 6.07 Å². The number of nitrogens with zero attached hydrogens (tertiary/aromatic N) is 1. The Hall–Kier alpha value is -1.53. The largest absolute Gasteiger partial charge is 0.449 e. The Kier molecular flexibility index (Phi) is 3.96. The van der Waals surface area contributed by atoms with E-state index in [2.05, 4.69) is 25.2 Å². The first-order chi connectivity index (χ1) is 6.72. The number of allylic oxidation sites excluding steroid dienone is 1. The Morgan fingerprint density at radius 3 is 2.93 bits per heavy atom. The second kappa shape index (κ2) is 5.25. The number of rotatable bonds is 4. The van der Waals surface area contributed by atoms with E-state index in [1.165, 1.54) is 5.57 Å². The molecule has 1 aromatic rings. The summed E-state index contributed by atoms with van der Waals surface area (Å²) >= 11 is 0. The molecule has 0 amide bonds. The van der Waals surface area contributed by atoms with E-state index in [9.17, 15) is 0 Å². The molecule has 0 aliphatic rings. The van der Waals surface area contributed by atoms with Crippen LogP contribution < -0.4 is 5.32 Å². The van der Waals surface area contributed by atoms with Gasteiger partial charge in [0, 0.05) is 6.54 Å². The molecule has 0 aromatic carbocycles. The Labute approximate surface area is 84.0 Å². The van der Waals surface area contributed by atoms with Crippen LogP contribution >= 0.6 is 0 Å². The van der Waals surface area contributed by atoms with Crippen LogP contribution in [0.3, 0.4) is 0 Å². The van der Waals surface area contributed by atoms with Crippen LogP contribution in [0.5, 0.6) is 0 Å². The van der Waals surface area contributed by atoms with E-state index < -0.39 is 0 Å². The fourth-order valence-electron chi connectivity index (χ4n) is 1.00. The summed E-state index contributed by atoms with van der Waals surface area (Å²) in [6.07, 6.45) is 2.11. The minimum Gasteiger partial charge on any atom is -0.449 e. The van der Waals surface area contributed by atoms with Gasteiger partial charge in [0.25, 0.3) is 0 Å². The summed E-state index contributed by atoms with van der Waals surface area (Å²) in [5, 5.41) is 11.7. The maximum atomic E-state index is 8.52. The fourth-order valence-corrected chi connectivity index (χ4v) is 1.00. The third-order valence-corrected chi connectivity index (χ3v) is 1.73. The molecule has 74 valence electrons. The molecular formula is C11H14N2O. The lowest BCUT2D eigenvalue weighted by Gasteiger charge is -1.97. The van der Waals surface area contributed by atoms with E-state index in [0.717, 1.165) is 12.3 Å². The van der Waals surface area contributed by atoms with Crippen molar-refractivity contribution in [2.24, 2.45) is 0 Å². The topological polar surface area (TPSA) is 49.0 Å². The van der Waals surface area contributed by atoms with Crippen LogP contribution in [0.25, 0.3) is 0 Å². The van der Waals surface area contributed by atoms with Crippen LogP contribution in [0.1, 0.15) is 25.4 Å². The molecule has 0 aliphatic carbocycles. The average molecular weight is 190 g/mol. The Morgan fingerprint density at radius 1 is 1.57 bits per heavy atom. The van der Waals surface area contributed by atoms with Gasteiger partial charge in [0.05, 0.1) is 6.54 Å². The number of nitrogens with one attached hydrogen (secondary N) is 1. The summed E-state index contributed by atoms with van der Waals surface area (Å²) in [5.41, 5.74) is 1.29. The molecule has 3 heteroatoms. The zero-order valence-corrected chi connectivity index (χ0v) is 8.50. The number of hydrogen-bond acceptors (Lipinski definition) is 3. The molecule has 0 spiro atoms. The monoisotopic (exact) mass is 190 g/mol. The third kappa shape index (κ3) is 3.46. The fraction of sp³-hybridized carbons (Fsp3) is 0.364. The average Bonchev–Trinajstić information content (AvgIpc) is 2.60. The Bertz CT molecular complexity index is 354. The van der Waals surface area contributed by atoms with Gasteiger partial charge in [0.2, 0.25) is 5.76 Å². The van der Waals surface area contributed by atoms with E-state index >= 15 is 0 Å². The van der Waals surface area contributed by atoms with E-state index in [-0.39, 0.29) is 0 Å². The molecule has 3 nitrogen and oxygen atoms in total.